The molecule has 0 saturated carbocycles. The van der Waals surface area contributed by atoms with Crippen LogP contribution in [-0.2, 0) is 16.0 Å². The van der Waals surface area contributed by atoms with Crippen molar-refractivity contribution in [2.45, 2.75) is 13.3 Å². The molecule has 0 atom stereocenters. The Labute approximate surface area is 124 Å². The van der Waals surface area contributed by atoms with Crippen molar-refractivity contribution >= 4 is 17.8 Å². The van der Waals surface area contributed by atoms with Crippen molar-refractivity contribution in [2.75, 3.05) is 13.2 Å². The van der Waals surface area contributed by atoms with Gasteiger partial charge in [0.05, 0.1) is 6.61 Å². The van der Waals surface area contributed by atoms with Crippen molar-refractivity contribution in [3.8, 4) is 5.75 Å². The molecule has 118 valence electrons. The fraction of sp³-hybridized carbons (Fsp3) is 0.357. The second kappa shape index (κ2) is 5.63. The minimum Gasteiger partial charge on any atom is -0.492 e. The number of carbonyl (C=O) groups is 3. The number of benzene rings is 1. The van der Waals surface area contributed by atoms with Gasteiger partial charge in [-0.1, -0.05) is 6.07 Å². The highest BCUT2D eigenvalue weighted by molar-refractivity contribution is 6.01. The van der Waals surface area contributed by atoms with Gasteiger partial charge in [0, 0.05) is 13.0 Å². The second-order valence-electron chi connectivity index (χ2n) is 5.13. The molecule has 1 aliphatic heterocycles. The van der Waals surface area contributed by atoms with Crippen LogP contribution in [0.25, 0.3) is 0 Å². The summed E-state index contributed by atoms with van der Waals surface area (Å²) >= 11 is 0. The van der Waals surface area contributed by atoms with Gasteiger partial charge in [0.25, 0.3) is 5.91 Å². The lowest BCUT2D eigenvalue weighted by Crippen LogP contribution is -2.46. The lowest BCUT2D eigenvalue weighted by atomic mass is 9.91. The molecule has 0 unspecified atom stereocenters. The van der Waals surface area contributed by atoms with E-state index in [2.05, 4.69) is 5.32 Å². The number of hydrogen-bond acceptors (Lipinski definition) is 4. The average Bonchev–Trinajstić information content (AvgIpc) is 2.91. The van der Waals surface area contributed by atoms with E-state index in [-0.39, 0.29) is 11.3 Å². The van der Waals surface area contributed by atoms with Crippen LogP contribution in [0.3, 0.4) is 0 Å². The summed E-state index contributed by atoms with van der Waals surface area (Å²) in [5.74, 6) is -4.81. The fourth-order valence-electron chi connectivity index (χ4n) is 2.03. The molecule has 1 amide bonds. The quantitative estimate of drug-likeness (QED) is 0.689. The van der Waals surface area contributed by atoms with Crippen LogP contribution in [0.1, 0.15) is 22.8 Å². The Morgan fingerprint density at radius 3 is 2.55 bits per heavy atom. The number of fused-ring (bicyclic) bond motifs is 1. The third-order valence-corrected chi connectivity index (χ3v) is 3.58. The van der Waals surface area contributed by atoms with Gasteiger partial charge in [-0.25, -0.2) is 4.39 Å². The first-order valence-corrected chi connectivity index (χ1v) is 6.46. The molecule has 8 heteroatoms. The molecular formula is C14H14FNO6. The minimum atomic E-state index is -2.20. The van der Waals surface area contributed by atoms with E-state index < -0.39 is 35.6 Å². The summed E-state index contributed by atoms with van der Waals surface area (Å²) in [6.45, 7) is 0.598. The number of ether oxygens (including phenoxy) is 1. The highest BCUT2D eigenvalue weighted by atomic mass is 19.1. The third kappa shape index (κ3) is 2.59. The number of carboxylic acids is 2. The molecule has 0 bridgehead atoms. The normalized spacial score (nSPS) is 13.2. The van der Waals surface area contributed by atoms with Gasteiger partial charge < -0.3 is 20.3 Å². The molecule has 0 spiro atoms. The molecule has 1 heterocycles. The lowest BCUT2D eigenvalue weighted by Gasteiger charge is -2.20. The molecule has 22 heavy (non-hydrogen) atoms. The van der Waals surface area contributed by atoms with Gasteiger partial charge >= 0.3 is 11.9 Å². The first-order valence-electron chi connectivity index (χ1n) is 6.46. The Balaban J connectivity index is 2.23. The van der Waals surface area contributed by atoms with Gasteiger partial charge in [0.2, 0.25) is 0 Å². The van der Waals surface area contributed by atoms with E-state index in [0.717, 1.165) is 13.0 Å². The summed E-state index contributed by atoms with van der Waals surface area (Å²) in [5.41, 5.74) is -1.87. The van der Waals surface area contributed by atoms with Crippen molar-refractivity contribution in [3.63, 3.8) is 0 Å². The molecule has 1 aromatic carbocycles. The number of nitrogens with one attached hydrogen (secondary N) is 1. The van der Waals surface area contributed by atoms with Crippen molar-refractivity contribution in [2.24, 2.45) is 5.41 Å². The number of aliphatic carboxylic acids is 2. The van der Waals surface area contributed by atoms with E-state index in [4.69, 9.17) is 14.9 Å². The molecule has 0 saturated heterocycles. The predicted molar refractivity (Wildman–Crippen MR) is 71.3 cm³/mol. The maximum Gasteiger partial charge on any atom is 0.322 e. The molecule has 0 radical (unpaired) electrons. The molecule has 1 aliphatic rings. The summed E-state index contributed by atoms with van der Waals surface area (Å²) in [6.07, 6.45) is 0.540. The third-order valence-electron chi connectivity index (χ3n) is 3.58. The molecule has 0 aromatic heterocycles. The molecular weight excluding hydrogens is 297 g/mol. The average molecular weight is 311 g/mol. The lowest BCUT2D eigenvalue weighted by molar-refractivity contribution is -0.162. The van der Waals surface area contributed by atoms with Crippen LogP contribution in [0.4, 0.5) is 4.39 Å². The molecule has 7 nitrogen and oxygen atoms in total. The highest BCUT2D eigenvalue weighted by Gasteiger charge is 2.42. The fourth-order valence-corrected chi connectivity index (χ4v) is 2.03. The largest absolute Gasteiger partial charge is 0.492 e. The Bertz CT molecular complexity index is 643. The van der Waals surface area contributed by atoms with Crippen LogP contribution < -0.4 is 10.1 Å². The SMILES string of the molecule is CC(CNC(=O)c1c(F)ccc2c1OCC2)(C(=O)O)C(=O)O. The highest BCUT2D eigenvalue weighted by Crippen LogP contribution is 2.31. The first-order chi connectivity index (χ1) is 10.3. The van der Waals surface area contributed by atoms with Gasteiger partial charge in [0.15, 0.2) is 5.41 Å². The van der Waals surface area contributed by atoms with Crippen LogP contribution in [0.15, 0.2) is 12.1 Å². The second-order valence-corrected chi connectivity index (χ2v) is 5.13. The smallest absolute Gasteiger partial charge is 0.322 e. The molecule has 0 fully saturated rings. The van der Waals surface area contributed by atoms with E-state index in [9.17, 15) is 18.8 Å². The Morgan fingerprint density at radius 1 is 1.32 bits per heavy atom. The van der Waals surface area contributed by atoms with Crippen LogP contribution >= 0.6 is 0 Å². The number of carbonyl (C=O) groups excluding carboxylic acids is 1. The number of halogens is 1. The number of rotatable bonds is 5. The van der Waals surface area contributed by atoms with Gasteiger partial charge in [-0.05, 0) is 18.6 Å². The van der Waals surface area contributed by atoms with Gasteiger partial charge in [-0.15, -0.1) is 0 Å². The molecule has 2 rings (SSSR count). The molecule has 1 aromatic rings. The Hall–Kier alpha value is -2.64. The minimum absolute atomic E-state index is 0.116. The van der Waals surface area contributed by atoms with E-state index in [1.807, 2.05) is 0 Å². The maximum absolute atomic E-state index is 13.9. The maximum atomic E-state index is 13.9. The monoisotopic (exact) mass is 311 g/mol. The van der Waals surface area contributed by atoms with Crippen molar-refractivity contribution in [3.05, 3.63) is 29.1 Å². The number of amides is 1. The Kier molecular flexibility index (Phi) is 4.03. The van der Waals surface area contributed by atoms with E-state index in [1.165, 1.54) is 6.07 Å². The van der Waals surface area contributed by atoms with E-state index in [1.54, 1.807) is 0 Å². The summed E-state index contributed by atoms with van der Waals surface area (Å²) in [4.78, 5) is 34.2. The predicted octanol–water partition coefficient (Wildman–Crippen LogP) is 0.666. The van der Waals surface area contributed by atoms with Crippen molar-refractivity contribution in [1.82, 2.24) is 5.32 Å². The molecule has 0 aliphatic carbocycles. The van der Waals surface area contributed by atoms with Crippen molar-refractivity contribution in [1.29, 1.82) is 0 Å². The zero-order valence-corrected chi connectivity index (χ0v) is 11.7. The van der Waals surface area contributed by atoms with E-state index >= 15 is 0 Å². The summed E-state index contributed by atoms with van der Waals surface area (Å²) < 4.78 is 19.1. The summed E-state index contributed by atoms with van der Waals surface area (Å²) in [7, 11) is 0. The first kappa shape index (κ1) is 15.7. The van der Waals surface area contributed by atoms with Crippen LogP contribution in [0, 0.1) is 11.2 Å². The Morgan fingerprint density at radius 2 is 1.95 bits per heavy atom. The van der Waals surface area contributed by atoms with Crippen LogP contribution in [0.2, 0.25) is 0 Å². The summed E-state index contributed by atoms with van der Waals surface area (Å²) in [5, 5.41) is 20.1. The number of carboxylic acid groups (broad SMARTS) is 2. The van der Waals surface area contributed by atoms with Crippen LogP contribution in [0.5, 0.6) is 5.75 Å². The zero-order valence-electron chi connectivity index (χ0n) is 11.7. The molecule has 3 N–H and O–H groups in total. The van der Waals surface area contributed by atoms with Crippen molar-refractivity contribution < 1.29 is 33.7 Å². The van der Waals surface area contributed by atoms with Gasteiger partial charge in [0.1, 0.15) is 17.1 Å². The van der Waals surface area contributed by atoms with Gasteiger partial charge in [-0.2, -0.15) is 0 Å². The van der Waals surface area contributed by atoms with E-state index in [0.29, 0.717) is 18.6 Å². The number of hydrogen-bond donors (Lipinski definition) is 3. The zero-order chi connectivity index (χ0) is 16.5. The van der Waals surface area contributed by atoms with Crippen LogP contribution in [-0.4, -0.2) is 41.2 Å². The standard InChI is InChI=1S/C14H14FNO6/c1-14(12(18)19,13(20)21)6-16-11(17)9-8(15)3-2-7-4-5-22-10(7)9/h2-3H,4-6H2,1H3,(H,16,17)(H,18,19)(H,20,21). The summed E-state index contributed by atoms with van der Waals surface area (Å²) in [6, 6.07) is 2.63. The van der Waals surface area contributed by atoms with Gasteiger partial charge in [-0.3, -0.25) is 14.4 Å². The topological polar surface area (TPSA) is 113 Å².